The highest BCUT2D eigenvalue weighted by atomic mass is 32.1. The molecule has 1 aromatic heterocycles. The fourth-order valence-electron chi connectivity index (χ4n) is 2.75. The molecule has 2 atom stereocenters. The van der Waals surface area contributed by atoms with Gasteiger partial charge >= 0.3 is 5.97 Å². The minimum absolute atomic E-state index is 0.0474. The van der Waals surface area contributed by atoms with Crippen LogP contribution in [0.5, 0.6) is 0 Å². The zero-order valence-electron chi connectivity index (χ0n) is 11.5. The van der Waals surface area contributed by atoms with Crippen molar-refractivity contribution in [2.24, 2.45) is 5.92 Å². The predicted octanol–water partition coefficient (Wildman–Crippen LogP) is 3.24. The normalized spacial score (nSPS) is 21.8. The fraction of sp³-hybridized carbons (Fsp3) is 0.250. The number of carbonyl (C=O) groups excluding carboxylic acids is 1. The molecule has 0 radical (unpaired) electrons. The standard InChI is InChI=1S/C16H15NO3S/c1-10-4-6-11(7-5-10)17-14(18)9-12(16(19)20)15(17)13-3-2-8-21-13/h2-8,12,15H,9H2,1H3,(H,19,20)/t12-,15-/m0/s1. The molecule has 2 heterocycles. The Balaban J connectivity index is 2.06. The molecule has 0 spiro atoms. The molecule has 0 unspecified atom stereocenters. The molecule has 21 heavy (non-hydrogen) atoms. The van der Waals surface area contributed by atoms with Crippen molar-refractivity contribution in [3.05, 3.63) is 52.2 Å². The van der Waals surface area contributed by atoms with Gasteiger partial charge in [-0.25, -0.2) is 0 Å². The highest BCUT2D eigenvalue weighted by molar-refractivity contribution is 7.10. The van der Waals surface area contributed by atoms with E-state index in [0.29, 0.717) is 0 Å². The molecular weight excluding hydrogens is 286 g/mol. The van der Waals surface area contributed by atoms with Crippen LogP contribution in [0.3, 0.4) is 0 Å². The van der Waals surface area contributed by atoms with Gasteiger partial charge in [0.05, 0.1) is 12.0 Å². The minimum Gasteiger partial charge on any atom is -0.481 e. The predicted molar refractivity (Wildman–Crippen MR) is 81.5 cm³/mol. The van der Waals surface area contributed by atoms with Crippen molar-refractivity contribution in [3.63, 3.8) is 0 Å². The van der Waals surface area contributed by atoms with Crippen LogP contribution in [-0.2, 0) is 9.59 Å². The quantitative estimate of drug-likeness (QED) is 0.947. The summed E-state index contributed by atoms with van der Waals surface area (Å²) in [6.45, 7) is 1.98. The SMILES string of the molecule is Cc1ccc(N2C(=O)C[C@H](C(=O)O)[C@H]2c2cccs2)cc1. The van der Waals surface area contributed by atoms with Gasteiger partial charge in [0.15, 0.2) is 0 Å². The first-order chi connectivity index (χ1) is 10.1. The van der Waals surface area contributed by atoms with Crippen LogP contribution in [0.15, 0.2) is 41.8 Å². The lowest BCUT2D eigenvalue weighted by atomic mass is 9.99. The van der Waals surface area contributed by atoms with Gasteiger partial charge in [0, 0.05) is 17.0 Å². The van der Waals surface area contributed by atoms with Crippen LogP contribution in [0.1, 0.15) is 22.9 Å². The number of anilines is 1. The highest BCUT2D eigenvalue weighted by Gasteiger charge is 2.45. The molecule has 1 aliphatic heterocycles. The van der Waals surface area contributed by atoms with Gasteiger partial charge in [-0.15, -0.1) is 11.3 Å². The number of benzene rings is 1. The van der Waals surface area contributed by atoms with Crippen LogP contribution in [0.4, 0.5) is 5.69 Å². The Labute approximate surface area is 126 Å². The zero-order chi connectivity index (χ0) is 15.0. The number of nitrogens with zero attached hydrogens (tertiary/aromatic N) is 1. The summed E-state index contributed by atoms with van der Waals surface area (Å²) < 4.78 is 0. The number of hydrogen-bond acceptors (Lipinski definition) is 3. The summed E-state index contributed by atoms with van der Waals surface area (Å²) in [7, 11) is 0. The minimum atomic E-state index is -0.920. The molecule has 1 fully saturated rings. The molecule has 1 aliphatic rings. The summed E-state index contributed by atoms with van der Waals surface area (Å²) in [5, 5.41) is 11.3. The lowest BCUT2D eigenvalue weighted by Gasteiger charge is -2.26. The Morgan fingerprint density at radius 2 is 2.00 bits per heavy atom. The number of thiophene rings is 1. The van der Waals surface area contributed by atoms with E-state index < -0.39 is 17.9 Å². The summed E-state index contributed by atoms with van der Waals surface area (Å²) in [5.74, 6) is -1.75. The van der Waals surface area contributed by atoms with E-state index in [1.807, 2.05) is 48.7 Å². The second-order valence-corrected chi connectivity index (χ2v) is 6.19. The van der Waals surface area contributed by atoms with Crippen molar-refractivity contribution in [2.45, 2.75) is 19.4 Å². The number of hydrogen-bond donors (Lipinski definition) is 1. The van der Waals surface area contributed by atoms with Gasteiger partial charge in [0.2, 0.25) is 5.91 Å². The van der Waals surface area contributed by atoms with Crippen LogP contribution in [0, 0.1) is 12.8 Å². The highest BCUT2D eigenvalue weighted by Crippen LogP contribution is 2.42. The molecule has 4 nitrogen and oxygen atoms in total. The van der Waals surface area contributed by atoms with Crippen LogP contribution in [0.25, 0.3) is 0 Å². The first-order valence-corrected chi connectivity index (χ1v) is 7.61. The molecule has 0 saturated carbocycles. The van der Waals surface area contributed by atoms with Crippen molar-refractivity contribution >= 4 is 28.9 Å². The van der Waals surface area contributed by atoms with Gasteiger partial charge in [0.25, 0.3) is 0 Å². The molecule has 1 N–H and O–H groups in total. The van der Waals surface area contributed by atoms with E-state index in [4.69, 9.17) is 0 Å². The number of carboxylic acids is 1. The molecule has 0 bridgehead atoms. The maximum atomic E-state index is 12.3. The lowest BCUT2D eigenvalue weighted by molar-refractivity contribution is -0.142. The van der Waals surface area contributed by atoms with Gasteiger partial charge in [-0.05, 0) is 30.5 Å². The first kappa shape index (κ1) is 13.8. The van der Waals surface area contributed by atoms with E-state index >= 15 is 0 Å². The number of carboxylic acid groups (broad SMARTS) is 1. The molecule has 1 aromatic carbocycles. The van der Waals surface area contributed by atoms with Gasteiger partial charge in [-0.2, -0.15) is 0 Å². The average molecular weight is 301 g/mol. The number of carbonyl (C=O) groups is 2. The average Bonchev–Trinajstić information content (AvgIpc) is 3.07. The Morgan fingerprint density at radius 1 is 1.29 bits per heavy atom. The summed E-state index contributed by atoms with van der Waals surface area (Å²) >= 11 is 1.49. The summed E-state index contributed by atoms with van der Waals surface area (Å²) in [6.07, 6.45) is 0.0474. The van der Waals surface area contributed by atoms with E-state index in [1.54, 1.807) is 4.90 Å². The molecule has 3 rings (SSSR count). The van der Waals surface area contributed by atoms with Crippen molar-refractivity contribution in [1.82, 2.24) is 0 Å². The summed E-state index contributed by atoms with van der Waals surface area (Å²) in [5.41, 5.74) is 1.86. The molecule has 1 saturated heterocycles. The largest absolute Gasteiger partial charge is 0.481 e. The van der Waals surface area contributed by atoms with Crippen molar-refractivity contribution in [3.8, 4) is 0 Å². The molecule has 2 aromatic rings. The van der Waals surface area contributed by atoms with E-state index in [9.17, 15) is 14.7 Å². The first-order valence-electron chi connectivity index (χ1n) is 6.73. The van der Waals surface area contributed by atoms with E-state index in [1.165, 1.54) is 11.3 Å². The van der Waals surface area contributed by atoms with Gasteiger partial charge in [0.1, 0.15) is 0 Å². The molecule has 1 amide bonds. The third-order valence-corrected chi connectivity index (χ3v) is 4.73. The van der Waals surface area contributed by atoms with Crippen LogP contribution >= 0.6 is 11.3 Å². The number of amides is 1. The molecule has 0 aliphatic carbocycles. The lowest BCUT2D eigenvalue weighted by Crippen LogP contribution is -2.29. The van der Waals surface area contributed by atoms with Crippen molar-refractivity contribution < 1.29 is 14.7 Å². The second kappa shape index (κ2) is 5.33. The second-order valence-electron chi connectivity index (χ2n) is 5.21. The maximum Gasteiger partial charge on any atom is 0.309 e. The zero-order valence-corrected chi connectivity index (χ0v) is 12.3. The third-order valence-electron chi connectivity index (χ3n) is 3.79. The van der Waals surface area contributed by atoms with Crippen LogP contribution in [0.2, 0.25) is 0 Å². The Kier molecular flexibility index (Phi) is 3.51. The molecule has 108 valence electrons. The van der Waals surface area contributed by atoms with Crippen molar-refractivity contribution in [2.75, 3.05) is 4.90 Å². The Morgan fingerprint density at radius 3 is 2.57 bits per heavy atom. The van der Waals surface area contributed by atoms with Gasteiger partial charge in [-0.3, -0.25) is 9.59 Å². The summed E-state index contributed by atoms with van der Waals surface area (Å²) in [4.78, 5) is 26.4. The number of aliphatic carboxylic acids is 1. The number of aryl methyl sites for hydroxylation is 1. The van der Waals surface area contributed by atoms with Crippen LogP contribution < -0.4 is 4.90 Å². The van der Waals surface area contributed by atoms with Gasteiger partial charge < -0.3 is 10.0 Å². The van der Waals surface area contributed by atoms with Crippen LogP contribution in [-0.4, -0.2) is 17.0 Å². The van der Waals surface area contributed by atoms with Gasteiger partial charge in [-0.1, -0.05) is 23.8 Å². The van der Waals surface area contributed by atoms with Crippen molar-refractivity contribution in [1.29, 1.82) is 0 Å². The molecule has 5 heteroatoms. The molecular formula is C16H15NO3S. The number of rotatable bonds is 3. The Hall–Kier alpha value is -2.14. The smallest absolute Gasteiger partial charge is 0.309 e. The van der Waals surface area contributed by atoms with E-state index in [0.717, 1.165) is 16.1 Å². The topological polar surface area (TPSA) is 57.6 Å². The monoisotopic (exact) mass is 301 g/mol. The maximum absolute atomic E-state index is 12.3. The fourth-order valence-corrected chi connectivity index (χ4v) is 3.63. The summed E-state index contributed by atoms with van der Waals surface area (Å²) in [6, 6.07) is 11.0. The Bertz CT molecular complexity index is 663. The van der Waals surface area contributed by atoms with E-state index in [-0.39, 0.29) is 12.3 Å². The third kappa shape index (κ3) is 2.45. The van der Waals surface area contributed by atoms with E-state index in [2.05, 4.69) is 0 Å².